The van der Waals surface area contributed by atoms with Crippen molar-refractivity contribution in [3.05, 3.63) is 4.91 Å². The fraction of sp³-hybridized carbons (Fsp3) is 0.857. The lowest BCUT2D eigenvalue weighted by molar-refractivity contribution is -0.155. The number of carbonyl (C=O) groups is 1. The number of hydrogen-bond donors (Lipinski definition) is 0. The summed E-state index contributed by atoms with van der Waals surface area (Å²) in [6.07, 6.45) is 1.38. The molecule has 0 saturated heterocycles. The molecule has 1 atom stereocenters. The van der Waals surface area contributed by atoms with Crippen molar-refractivity contribution in [3.63, 3.8) is 0 Å². The highest BCUT2D eigenvalue weighted by atomic mass is 16.6. The van der Waals surface area contributed by atoms with Crippen molar-refractivity contribution < 1.29 is 9.53 Å². The Kier molecular flexibility index (Phi) is 2.62. The molecule has 5 heteroatoms. The fourth-order valence-corrected chi connectivity index (χ4v) is 1.06. The third-order valence-electron chi connectivity index (χ3n) is 1.72. The highest BCUT2D eigenvalue weighted by Gasteiger charge is 2.33. The Morgan fingerprint density at radius 2 is 2.25 bits per heavy atom. The van der Waals surface area contributed by atoms with Crippen molar-refractivity contribution in [2.45, 2.75) is 39.0 Å². The van der Waals surface area contributed by atoms with Crippen molar-refractivity contribution in [1.29, 1.82) is 0 Å². The van der Waals surface area contributed by atoms with Crippen molar-refractivity contribution in [3.8, 4) is 0 Å². The minimum Gasteiger partial charge on any atom is -0.440 e. The van der Waals surface area contributed by atoms with Crippen LogP contribution in [0.2, 0.25) is 0 Å². The van der Waals surface area contributed by atoms with Gasteiger partial charge in [0.2, 0.25) is 0 Å². The van der Waals surface area contributed by atoms with Crippen LogP contribution < -0.4 is 0 Å². The lowest BCUT2D eigenvalue weighted by Gasteiger charge is -2.21. The summed E-state index contributed by atoms with van der Waals surface area (Å²) in [4.78, 5) is 20.8. The number of hydrogen-bond acceptors (Lipinski definition) is 4. The second-order valence-electron chi connectivity index (χ2n) is 2.90. The average Bonchev–Trinajstić information content (AvgIpc) is 2.70. The van der Waals surface area contributed by atoms with Gasteiger partial charge in [-0.1, -0.05) is 0 Å². The Bertz CT molecular complexity index is 191. The summed E-state index contributed by atoms with van der Waals surface area (Å²) < 4.78 is 4.80. The largest absolute Gasteiger partial charge is 0.440 e. The number of nitroso groups, excluding NO2 is 1. The first-order chi connectivity index (χ1) is 5.65. The molecule has 0 aromatic heterocycles. The highest BCUT2D eigenvalue weighted by molar-refractivity contribution is 5.66. The minimum absolute atomic E-state index is 0.178. The second kappa shape index (κ2) is 3.51. The minimum atomic E-state index is -0.535. The standard InChI is InChI=1S/C7H12N2O3/c1-5(12-6(2)10)9(8-11)7-3-4-7/h5,7H,3-4H2,1-2H3/t5-/m0/s1. The van der Waals surface area contributed by atoms with Crippen LogP contribution in [0.3, 0.4) is 0 Å². The number of nitrogens with zero attached hydrogens (tertiary/aromatic N) is 2. The van der Waals surface area contributed by atoms with Crippen LogP contribution in [-0.4, -0.2) is 23.2 Å². The maximum Gasteiger partial charge on any atom is 0.304 e. The van der Waals surface area contributed by atoms with E-state index in [1.54, 1.807) is 6.92 Å². The molecule has 0 heterocycles. The molecular weight excluding hydrogens is 160 g/mol. The van der Waals surface area contributed by atoms with Crippen LogP contribution >= 0.6 is 0 Å². The first kappa shape index (κ1) is 8.96. The smallest absolute Gasteiger partial charge is 0.304 e. The molecule has 0 unspecified atom stereocenters. The maximum atomic E-state index is 10.5. The molecule has 1 rings (SSSR count). The first-order valence-corrected chi connectivity index (χ1v) is 3.94. The zero-order valence-corrected chi connectivity index (χ0v) is 7.19. The number of ether oxygens (including phenoxy) is 1. The second-order valence-corrected chi connectivity index (χ2v) is 2.90. The Morgan fingerprint density at radius 3 is 2.58 bits per heavy atom. The van der Waals surface area contributed by atoms with Gasteiger partial charge in [-0.15, -0.1) is 4.91 Å². The van der Waals surface area contributed by atoms with Crippen LogP contribution in [-0.2, 0) is 9.53 Å². The molecule has 12 heavy (non-hydrogen) atoms. The number of carbonyl (C=O) groups excluding carboxylic acids is 1. The zero-order valence-electron chi connectivity index (χ0n) is 7.19. The fourth-order valence-electron chi connectivity index (χ4n) is 1.06. The molecule has 68 valence electrons. The molecule has 5 nitrogen and oxygen atoms in total. The maximum absolute atomic E-state index is 10.5. The molecule has 0 radical (unpaired) electrons. The molecule has 0 N–H and O–H groups in total. The summed E-state index contributed by atoms with van der Waals surface area (Å²) in [5.74, 6) is -0.392. The van der Waals surface area contributed by atoms with Gasteiger partial charge < -0.3 is 4.74 Å². The summed E-state index contributed by atoms with van der Waals surface area (Å²) >= 11 is 0. The van der Waals surface area contributed by atoms with Crippen LogP contribution in [0.1, 0.15) is 26.7 Å². The van der Waals surface area contributed by atoms with Gasteiger partial charge in [-0.05, 0) is 19.8 Å². The number of rotatable bonds is 4. The van der Waals surface area contributed by atoms with E-state index in [4.69, 9.17) is 4.74 Å². The molecule has 1 saturated carbocycles. The summed E-state index contributed by atoms with van der Waals surface area (Å²) in [5, 5.41) is 4.10. The lowest BCUT2D eigenvalue weighted by Crippen LogP contribution is -2.33. The average molecular weight is 172 g/mol. The van der Waals surface area contributed by atoms with E-state index in [0.29, 0.717) is 0 Å². The SMILES string of the molecule is CC(=O)O[C@@H](C)N(N=O)C1CC1. The Balaban J connectivity index is 2.41. The molecule has 0 aromatic rings. The van der Waals surface area contributed by atoms with Crippen LogP contribution in [0.25, 0.3) is 0 Å². The molecule has 0 spiro atoms. The lowest BCUT2D eigenvalue weighted by atomic mass is 10.5. The molecule has 0 bridgehead atoms. The third-order valence-corrected chi connectivity index (χ3v) is 1.72. The summed E-state index contributed by atoms with van der Waals surface area (Å²) in [6.45, 7) is 2.95. The van der Waals surface area contributed by atoms with Crippen molar-refractivity contribution in [2.75, 3.05) is 0 Å². The Morgan fingerprint density at radius 1 is 1.67 bits per heavy atom. The van der Waals surface area contributed by atoms with Crippen molar-refractivity contribution in [2.24, 2.45) is 5.29 Å². The summed E-state index contributed by atoms with van der Waals surface area (Å²) in [6, 6.07) is 0.178. The molecule has 0 aromatic carbocycles. The molecule has 0 amide bonds. The van der Waals surface area contributed by atoms with Gasteiger partial charge in [0, 0.05) is 6.92 Å². The van der Waals surface area contributed by atoms with Crippen LogP contribution in [0.5, 0.6) is 0 Å². The van der Waals surface area contributed by atoms with E-state index < -0.39 is 12.2 Å². The third kappa shape index (κ3) is 2.18. The van der Waals surface area contributed by atoms with Gasteiger partial charge in [-0.2, -0.15) is 0 Å². The summed E-state index contributed by atoms with van der Waals surface area (Å²) in [5.41, 5.74) is 0. The van der Waals surface area contributed by atoms with Crippen molar-refractivity contribution >= 4 is 5.97 Å². The molecule has 0 aliphatic heterocycles. The normalized spacial score (nSPS) is 18.2. The van der Waals surface area contributed by atoms with Gasteiger partial charge in [-0.25, -0.2) is 5.01 Å². The predicted molar refractivity (Wildman–Crippen MR) is 41.9 cm³/mol. The predicted octanol–water partition coefficient (Wildman–Crippen LogP) is 1.04. The van der Waals surface area contributed by atoms with Crippen LogP contribution in [0, 0.1) is 4.91 Å². The van der Waals surface area contributed by atoms with E-state index in [9.17, 15) is 9.70 Å². The van der Waals surface area contributed by atoms with Gasteiger partial charge in [0.05, 0.1) is 11.3 Å². The molecule has 1 fully saturated rings. The van der Waals surface area contributed by atoms with Gasteiger partial charge in [0.1, 0.15) is 0 Å². The van der Waals surface area contributed by atoms with E-state index >= 15 is 0 Å². The van der Waals surface area contributed by atoms with E-state index in [-0.39, 0.29) is 6.04 Å². The van der Waals surface area contributed by atoms with Crippen molar-refractivity contribution in [1.82, 2.24) is 5.01 Å². The zero-order chi connectivity index (χ0) is 9.14. The first-order valence-electron chi connectivity index (χ1n) is 3.94. The number of esters is 1. The Labute approximate surface area is 70.6 Å². The van der Waals surface area contributed by atoms with E-state index in [1.165, 1.54) is 11.9 Å². The van der Waals surface area contributed by atoms with Crippen LogP contribution in [0.15, 0.2) is 5.29 Å². The van der Waals surface area contributed by atoms with Gasteiger partial charge in [0.15, 0.2) is 6.23 Å². The monoisotopic (exact) mass is 172 g/mol. The molecule has 1 aliphatic rings. The summed E-state index contributed by atoms with van der Waals surface area (Å²) in [7, 11) is 0. The van der Waals surface area contributed by atoms with Crippen LogP contribution in [0.4, 0.5) is 0 Å². The quantitative estimate of drug-likeness (QED) is 0.275. The van der Waals surface area contributed by atoms with Gasteiger partial charge in [0.25, 0.3) is 0 Å². The molecule has 1 aliphatic carbocycles. The van der Waals surface area contributed by atoms with E-state index in [1.807, 2.05) is 0 Å². The van der Waals surface area contributed by atoms with Gasteiger partial charge in [-0.3, -0.25) is 4.79 Å². The van der Waals surface area contributed by atoms with E-state index in [2.05, 4.69) is 5.29 Å². The van der Waals surface area contributed by atoms with E-state index in [0.717, 1.165) is 12.8 Å². The topological polar surface area (TPSA) is 59.0 Å². The molecular formula is C7H12N2O3. The highest BCUT2D eigenvalue weighted by Crippen LogP contribution is 2.28. The van der Waals surface area contributed by atoms with Gasteiger partial charge >= 0.3 is 5.97 Å². The Hall–Kier alpha value is -1.13.